The topological polar surface area (TPSA) is 30.3 Å². The van der Waals surface area contributed by atoms with Gasteiger partial charge in [-0.25, -0.2) is 4.68 Å². The number of aryl methyl sites for hydroxylation is 1. The van der Waals surface area contributed by atoms with Gasteiger partial charge in [-0.3, -0.25) is 4.90 Å². The molecule has 1 saturated heterocycles. The number of hydrogen-bond acceptors (Lipinski definition) is 3. The molecule has 0 saturated carbocycles. The number of halogens is 2. The number of rotatable bonds is 5. The van der Waals surface area contributed by atoms with Crippen molar-refractivity contribution < 1.29 is 4.74 Å². The van der Waals surface area contributed by atoms with Gasteiger partial charge in [-0.15, -0.1) is 5.10 Å². The highest BCUT2D eigenvalue weighted by atomic mass is 35.5. The lowest BCUT2D eigenvalue weighted by Crippen LogP contribution is -2.29. The Morgan fingerprint density at radius 2 is 1.79 bits per heavy atom. The highest BCUT2D eigenvalue weighted by Crippen LogP contribution is 2.25. The molecule has 0 radical (unpaired) electrons. The fourth-order valence-corrected chi connectivity index (χ4v) is 3.33. The standard InChI is InChI=1S/C18H23Cl2N3O/c1-14-12-18(24-11-10-22-8-4-2-3-5-9-22)21-23(14)15-6-7-16(19)17(20)13-15/h6-7,12-13H,2-5,8-11H2,1H3. The number of benzene rings is 1. The molecule has 2 aromatic rings. The van der Waals surface area contributed by atoms with Gasteiger partial charge in [0.25, 0.3) is 0 Å². The van der Waals surface area contributed by atoms with Crippen molar-refractivity contribution in [1.82, 2.24) is 14.7 Å². The summed E-state index contributed by atoms with van der Waals surface area (Å²) in [4.78, 5) is 2.48. The lowest BCUT2D eigenvalue weighted by molar-refractivity contribution is 0.209. The van der Waals surface area contributed by atoms with Crippen molar-refractivity contribution in [3.63, 3.8) is 0 Å². The summed E-state index contributed by atoms with van der Waals surface area (Å²) in [5.41, 5.74) is 1.88. The van der Waals surface area contributed by atoms with Gasteiger partial charge < -0.3 is 4.74 Å². The van der Waals surface area contributed by atoms with E-state index in [2.05, 4.69) is 10.00 Å². The van der Waals surface area contributed by atoms with Crippen LogP contribution in [0.1, 0.15) is 31.4 Å². The van der Waals surface area contributed by atoms with E-state index in [1.807, 2.05) is 29.8 Å². The maximum atomic E-state index is 6.10. The zero-order valence-corrected chi connectivity index (χ0v) is 15.5. The van der Waals surface area contributed by atoms with Crippen molar-refractivity contribution in [3.05, 3.63) is 40.0 Å². The minimum absolute atomic E-state index is 0.521. The summed E-state index contributed by atoms with van der Waals surface area (Å²) in [5.74, 6) is 0.647. The van der Waals surface area contributed by atoms with E-state index in [0.717, 1.165) is 17.9 Å². The predicted molar refractivity (Wildman–Crippen MR) is 98.7 cm³/mol. The third-order valence-corrected chi connectivity index (χ3v) is 5.11. The molecule has 1 fully saturated rings. The van der Waals surface area contributed by atoms with Gasteiger partial charge in [-0.1, -0.05) is 36.0 Å². The maximum absolute atomic E-state index is 6.10. The van der Waals surface area contributed by atoms with E-state index in [1.54, 1.807) is 6.07 Å². The summed E-state index contributed by atoms with van der Waals surface area (Å²) in [6.45, 7) is 5.98. The molecule has 0 unspecified atom stereocenters. The molecule has 2 heterocycles. The smallest absolute Gasteiger partial charge is 0.233 e. The van der Waals surface area contributed by atoms with Crippen LogP contribution in [0.2, 0.25) is 10.0 Å². The molecule has 4 nitrogen and oxygen atoms in total. The summed E-state index contributed by atoms with van der Waals surface area (Å²) in [6.07, 6.45) is 5.30. The molecule has 0 aliphatic carbocycles. The van der Waals surface area contributed by atoms with Crippen molar-refractivity contribution in [2.45, 2.75) is 32.6 Å². The Morgan fingerprint density at radius 1 is 1.04 bits per heavy atom. The molecular formula is C18H23Cl2N3O. The second kappa shape index (κ2) is 8.24. The zero-order valence-electron chi connectivity index (χ0n) is 14.0. The fraction of sp³-hybridized carbons (Fsp3) is 0.500. The normalized spacial score (nSPS) is 16.1. The number of hydrogen-bond donors (Lipinski definition) is 0. The van der Waals surface area contributed by atoms with Crippen LogP contribution in [0.4, 0.5) is 0 Å². The summed E-state index contributed by atoms with van der Waals surface area (Å²) < 4.78 is 7.68. The van der Waals surface area contributed by atoms with Gasteiger partial charge >= 0.3 is 0 Å². The van der Waals surface area contributed by atoms with E-state index in [4.69, 9.17) is 27.9 Å². The van der Waals surface area contributed by atoms with E-state index in [1.165, 1.54) is 38.8 Å². The van der Waals surface area contributed by atoms with Crippen molar-refractivity contribution >= 4 is 23.2 Å². The first-order chi connectivity index (χ1) is 11.6. The van der Waals surface area contributed by atoms with Gasteiger partial charge in [0.15, 0.2) is 0 Å². The predicted octanol–water partition coefficient (Wildman–Crippen LogP) is 4.74. The first-order valence-electron chi connectivity index (χ1n) is 8.51. The molecule has 1 aromatic heterocycles. The first-order valence-corrected chi connectivity index (χ1v) is 9.26. The third kappa shape index (κ3) is 4.44. The summed E-state index contributed by atoms with van der Waals surface area (Å²) in [6, 6.07) is 7.44. The number of likely N-dealkylation sites (tertiary alicyclic amines) is 1. The third-order valence-electron chi connectivity index (χ3n) is 4.37. The van der Waals surface area contributed by atoms with Gasteiger partial charge in [0.1, 0.15) is 6.61 Å². The molecule has 0 bridgehead atoms. The molecule has 3 rings (SSSR count). The van der Waals surface area contributed by atoms with Crippen LogP contribution >= 0.6 is 23.2 Å². The Kier molecular flexibility index (Phi) is 6.04. The molecule has 0 amide bonds. The van der Waals surface area contributed by atoms with Gasteiger partial charge in [0, 0.05) is 18.3 Å². The SMILES string of the molecule is Cc1cc(OCCN2CCCCCC2)nn1-c1ccc(Cl)c(Cl)c1. The molecule has 6 heteroatoms. The zero-order chi connectivity index (χ0) is 16.9. The van der Waals surface area contributed by atoms with Crippen LogP contribution in [-0.4, -0.2) is 40.9 Å². The van der Waals surface area contributed by atoms with Crippen LogP contribution in [0.15, 0.2) is 24.3 Å². The number of ether oxygens (including phenoxy) is 1. The molecule has 1 aliphatic heterocycles. The molecule has 0 atom stereocenters. The fourth-order valence-electron chi connectivity index (χ4n) is 3.03. The van der Waals surface area contributed by atoms with Crippen LogP contribution in [0.5, 0.6) is 5.88 Å². The van der Waals surface area contributed by atoms with Gasteiger partial charge in [0.2, 0.25) is 5.88 Å². The Balaban J connectivity index is 1.60. The van der Waals surface area contributed by atoms with Crippen LogP contribution < -0.4 is 4.74 Å². The van der Waals surface area contributed by atoms with Gasteiger partial charge in [-0.05, 0) is 51.1 Å². The van der Waals surface area contributed by atoms with E-state index >= 15 is 0 Å². The van der Waals surface area contributed by atoms with Crippen LogP contribution in [0.3, 0.4) is 0 Å². The molecule has 24 heavy (non-hydrogen) atoms. The van der Waals surface area contributed by atoms with Crippen LogP contribution in [0.25, 0.3) is 5.69 Å². The largest absolute Gasteiger partial charge is 0.475 e. The molecule has 0 spiro atoms. The first kappa shape index (κ1) is 17.6. The van der Waals surface area contributed by atoms with Crippen molar-refractivity contribution in [3.8, 4) is 11.6 Å². The molecule has 130 valence electrons. The van der Waals surface area contributed by atoms with Gasteiger partial charge in [-0.2, -0.15) is 0 Å². The lowest BCUT2D eigenvalue weighted by atomic mass is 10.2. The maximum Gasteiger partial charge on any atom is 0.233 e. The highest BCUT2D eigenvalue weighted by molar-refractivity contribution is 6.42. The molecule has 1 aliphatic rings. The second-order valence-corrected chi connectivity index (χ2v) is 7.05. The molecule has 0 N–H and O–H groups in total. The number of nitrogens with zero attached hydrogens (tertiary/aromatic N) is 3. The second-order valence-electron chi connectivity index (χ2n) is 6.24. The van der Waals surface area contributed by atoms with Crippen LogP contribution in [-0.2, 0) is 0 Å². The Labute approximate surface area is 153 Å². The van der Waals surface area contributed by atoms with E-state index in [9.17, 15) is 0 Å². The van der Waals surface area contributed by atoms with E-state index in [0.29, 0.717) is 22.5 Å². The van der Waals surface area contributed by atoms with E-state index < -0.39 is 0 Å². The average molecular weight is 368 g/mol. The van der Waals surface area contributed by atoms with E-state index in [-0.39, 0.29) is 0 Å². The quantitative estimate of drug-likeness (QED) is 0.764. The monoisotopic (exact) mass is 367 g/mol. The number of aromatic nitrogens is 2. The average Bonchev–Trinajstić information content (AvgIpc) is 2.76. The van der Waals surface area contributed by atoms with Gasteiger partial charge in [0.05, 0.1) is 15.7 Å². The summed E-state index contributed by atoms with van der Waals surface area (Å²) in [7, 11) is 0. The summed E-state index contributed by atoms with van der Waals surface area (Å²) >= 11 is 12.1. The molecule has 1 aromatic carbocycles. The van der Waals surface area contributed by atoms with Crippen molar-refractivity contribution in [2.75, 3.05) is 26.2 Å². The Bertz CT molecular complexity index is 679. The Morgan fingerprint density at radius 3 is 2.50 bits per heavy atom. The minimum Gasteiger partial charge on any atom is -0.475 e. The van der Waals surface area contributed by atoms with Crippen molar-refractivity contribution in [2.24, 2.45) is 0 Å². The molecular weight excluding hydrogens is 345 g/mol. The minimum atomic E-state index is 0.521. The Hall–Kier alpha value is -1.23. The highest BCUT2D eigenvalue weighted by Gasteiger charge is 2.11. The lowest BCUT2D eigenvalue weighted by Gasteiger charge is -2.19. The van der Waals surface area contributed by atoms with Crippen LogP contribution in [0, 0.1) is 6.92 Å². The van der Waals surface area contributed by atoms with Crippen molar-refractivity contribution in [1.29, 1.82) is 0 Å². The summed E-state index contributed by atoms with van der Waals surface area (Å²) in [5, 5.41) is 5.59.